The summed E-state index contributed by atoms with van der Waals surface area (Å²) in [6.07, 6.45) is 1.28. The Labute approximate surface area is 223 Å². The van der Waals surface area contributed by atoms with Crippen molar-refractivity contribution in [3.63, 3.8) is 0 Å². The van der Waals surface area contributed by atoms with Crippen molar-refractivity contribution < 1.29 is 38.1 Å². The lowest BCUT2D eigenvalue weighted by Gasteiger charge is -2.13. The first-order valence-electron chi connectivity index (χ1n) is 11.7. The minimum Gasteiger partial charge on any atom is -0.497 e. The molecule has 202 valence electrons. The highest BCUT2D eigenvalue weighted by molar-refractivity contribution is 6.35. The van der Waals surface area contributed by atoms with E-state index in [1.54, 1.807) is 67.8 Å². The number of para-hydroxylation sites is 1. The Hall–Kier alpha value is -5.26. The van der Waals surface area contributed by atoms with Crippen LogP contribution in [0, 0.1) is 0 Å². The van der Waals surface area contributed by atoms with Gasteiger partial charge in [0.15, 0.2) is 29.6 Å². The molecule has 0 aliphatic carbocycles. The maximum absolute atomic E-state index is 12.4. The second-order valence-corrected chi connectivity index (χ2v) is 8.01. The molecule has 4 rings (SSSR count). The van der Waals surface area contributed by atoms with Crippen LogP contribution in [0.4, 0.5) is 5.69 Å². The molecule has 12 nitrogen and oxygen atoms in total. The number of ether oxygens (including phenoxy) is 5. The van der Waals surface area contributed by atoms with E-state index in [1.807, 2.05) is 0 Å². The molecule has 0 atom stereocenters. The van der Waals surface area contributed by atoms with E-state index in [9.17, 15) is 14.4 Å². The van der Waals surface area contributed by atoms with Crippen LogP contribution in [-0.4, -0.2) is 51.6 Å². The van der Waals surface area contributed by atoms with Gasteiger partial charge in [0.1, 0.15) is 5.75 Å². The third kappa shape index (κ3) is 7.16. The highest BCUT2D eigenvalue weighted by Gasteiger charge is 2.16. The predicted molar refractivity (Wildman–Crippen MR) is 140 cm³/mol. The number of carbonyl (C=O) groups excluding carboxylic acids is 3. The van der Waals surface area contributed by atoms with Gasteiger partial charge in [-0.25, -0.2) is 5.43 Å². The summed E-state index contributed by atoms with van der Waals surface area (Å²) in [5.41, 5.74) is 3.89. The minimum absolute atomic E-state index is 0.110. The first-order chi connectivity index (χ1) is 19.0. The number of benzene rings is 3. The van der Waals surface area contributed by atoms with Gasteiger partial charge in [-0.15, -0.1) is 0 Å². The summed E-state index contributed by atoms with van der Waals surface area (Å²) in [4.78, 5) is 36.7. The van der Waals surface area contributed by atoms with Crippen LogP contribution in [-0.2, 0) is 20.9 Å². The van der Waals surface area contributed by atoms with Gasteiger partial charge >= 0.3 is 11.8 Å². The van der Waals surface area contributed by atoms with E-state index in [0.29, 0.717) is 34.2 Å². The van der Waals surface area contributed by atoms with Crippen LogP contribution in [0.2, 0.25) is 0 Å². The van der Waals surface area contributed by atoms with Crippen molar-refractivity contribution in [3.05, 3.63) is 71.8 Å². The molecule has 0 spiro atoms. The van der Waals surface area contributed by atoms with E-state index in [2.05, 4.69) is 21.2 Å². The zero-order valence-electron chi connectivity index (χ0n) is 21.2. The normalized spacial score (nSPS) is 11.5. The van der Waals surface area contributed by atoms with Gasteiger partial charge in [-0.3, -0.25) is 14.4 Å². The molecule has 0 saturated heterocycles. The fourth-order valence-corrected chi connectivity index (χ4v) is 3.48. The molecule has 3 amide bonds. The van der Waals surface area contributed by atoms with Crippen LogP contribution in [0.5, 0.6) is 28.7 Å². The Morgan fingerprint density at radius 1 is 0.949 bits per heavy atom. The van der Waals surface area contributed by atoms with Crippen molar-refractivity contribution in [2.45, 2.75) is 6.54 Å². The molecule has 0 radical (unpaired) electrons. The van der Waals surface area contributed by atoms with Crippen LogP contribution >= 0.6 is 0 Å². The Kier molecular flexibility index (Phi) is 8.80. The van der Waals surface area contributed by atoms with Gasteiger partial charge in [0, 0.05) is 17.8 Å². The average molecular weight is 535 g/mol. The molecule has 3 N–H and O–H groups in total. The van der Waals surface area contributed by atoms with Gasteiger partial charge in [0.2, 0.25) is 6.79 Å². The zero-order valence-corrected chi connectivity index (χ0v) is 21.2. The lowest BCUT2D eigenvalue weighted by atomic mass is 10.2. The number of hydrazone groups is 1. The second-order valence-electron chi connectivity index (χ2n) is 8.01. The monoisotopic (exact) mass is 534 g/mol. The fourth-order valence-electron chi connectivity index (χ4n) is 3.48. The van der Waals surface area contributed by atoms with E-state index in [1.165, 1.54) is 13.3 Å². The second kappa shape index (κ2) is 12.8. The van der Waals surface area contributed by atoms with E-state index in [4.69, 9.17) is 23.7 Å². The third-order valence-electron chi connectivity index (χ3n) is 5.42. The van der Waals surface area contributed by atoms with Crippen molar-refractivity contribution in [2.24, 2.45) is 5.10 Å². The Morgan fingerprint density at radius 3 is 2.51 bits per heavy atom. The molecule has 39 heavy (non-hydrogen) atoms. The summed E-state index contributed by atoms with van der Waals surface area (Å²) < 4.78 is 26.7. The number of amides is 3. The maximum atomic E-state index is 12.4. The van der Waals surface area contributed by atoms with E-state index < -0.39 is 17.7 Å². The summed E-state index contributed by atoms with van der Waals surface area (Å²) in [5, 5.41) is 9.07. The number of anilines is 1. The highest BCUT2D eigenvalue weighted by atomic mass is 16.7. The molecule has 1 heterocycles. The van der Waals surface area contributed by atoms with Crippen molar-refractivity contribution in [1.29, 1.82) is 0 Å². The zero-order chi connectivity index (χ0) is 27.6. The van der Waals surface area contributed by atoms with Gasteiger partial charge in [-0.05, 0) is 54.1 Å². The van der Waals surface area contributed by atoms with Crippen molar-refractivity contribution in [1.82, 2.24) is 10.7 Å². The van der Waals surface area contributed by atoms with Gasteiger partial charge < -0.3 is 34.3 Å². The van der Waals surface area contributed by atoms with E-state index in [0.717, 1.165) is 5.56 Å². The van der Waals surface area contributed by atoms with Crippen LogP contribution in [0.15, 0.2) is 65.8 Å². The summed E-state index contributed by atoms with van der Waals surface area (Å²) in [5.74, 6) is 0.205. The summed E-state index contributed by atoms with van der Waals surface area (Å²) >= 11 is 0. The van der Waals surface area contributed by atoms with Crippen molar-refractivity contribution in [2.75, 3.05) is 32.9 Å². The van der Waals surface area contributed by atoms with Gasteiger partial charge in [0.05, 0.1) is 20.4 Å². The fraction of sp³-hybridized carbons (Fsp3) is 0.185. The van der Waals surface area contributed by atoms with Gasteiger partial charge in [-0.1, -0.05) is 12.1 Å². The summed E-state index contributed by atoms with van der Waals surface area (Å²) in [7, 11) is 3.01. The number of nitrogens with one attached hydrogen (secondary N) is 3. The van der Waals surface area contributed by atoms with E-state index >= 15 is 0 Å². The maximum Gasteiger partial charge on any atom is 0.329 e. The van der Waals surface area contributed by atoms with Crippen LogP contribution in [0.3, 0.4) is 0 Å². The smallest absolute Gasteiger partial charge is 0.329 e. The predicted octanol–water partition coefficient (Wildman–Crippen LogP) is 2.22. The van der Waals surface area contributed by atoms with Gasteiger partial charge in [0.25, 0.3) is 5.91 Å². The molecule has 12 heteroatoms. The number of carbonyl (C=O) groups is 3. The van der Waals surface area contributed by atoms with Gasteiger partial charge in [-0.2, -0.15) is 5.10 Å². The molecular formula is C27H26N4O8. The highest BCUT2D eigenvalue weighted by Crippen LogP contribution is 2.32. The van der Waals surface area contributed by atoms with Crippen LogP contribution < -0.4 is 39.7 Å². The number of fused-ring (bicyclic) bond motifs is 1. The largest absolute Gasteiger partial charge is 0.497 e. The van der Waals surface area contributed by atoms with Crippen molar-refractivity contribution in [3.8, 4) is 28.7 Å². The molecule has 1 aliphatic heterocycles. The molecular weight excluding hydrogens is 508 g/mol. The molecule has 0 saturated carbocycles. The molecule has 0 unspecified atom stereocenters. The summed E-state index contributed by atoms with van der Waals surface area (Å²) in [6, 6.07) is 17.0. The third-order valence-corrected chi connectivity index (χ3v) is 5.42. The average Bonchev–Trinajstić information content (AvgIpc) is 3.43. The number of hydrogen-bond acceptors (Lipinski definition) is 9. The first kappa shape index (κ1) is 26.8. The SMILES string of the molecule is COc1ccc(NC(=O)COc2c(/C=N\NC(=O)C(=O)NCc3ccc4c(c3)OCO4)cccc2OC)cc1. The Morgan fingerprint density at radius 2 is 1.74 bits per heavy atom. The van der Waals surface area contributed by atoms with Crippen LogP contribution in [0.25, 0.3) is 0 Å². The first-order valence-corrected chi connectivity index (χ1v) is 11.7. The Bertz CT molecular complexity index is 1370. The lowest BCUT2D eigenvalue weighted by Crippen LogP contribution is -2.37. The van der Waals surface area contributed by atoms with Crippen molar-refractivity contribution >= 4 is 29.6 Å². The molecule has 0 bridgehead atoms. The molecule has 3 aromatic carbocycles. The van der Waals surface area contributed by atoms with Crippen LogP contribution in [0.1, 0.15) is 11.1 Å². The van der Waals surface area contributed by atoms with E-state index in [-0.39, 0.29) is 25.7 Å². The quantitative estimate of drug-likeness (QED) is 0.204. The summed E-state index contributed by atoms with van der Waals surface area (Å²) in [6.45, 7) is -0.0660. The standard InChI is InChI=1S/C27H26N4O8/c1-35-20-9-7-19(8-10-20)30-24(32)15-37-25-18(4-3-5-22(25)36-2)14-29-31-27(34)26(33)28-13-17-6-11-21-23(12-17)39-16-38-21/h3-12,14H,13,15-16H2,1-2H3,(H,28,33)(H,30,32)(H,31,34)/b29-14-. The number of nitrogens with zero attached hydrogens (tertiary/aromatic N) is 1. The molecule has 3 aromatic rings. The topological polar surface area (TPSA) is 146 Å². The number of methoxy groups -OCH3 is 2. The lowest BCUT2D eigenvalue weighted by molar-refractivity contribution is -0.139. The Balaban J connectivity index is 1.31. The number of rotatable bonds is 10. The number of hydrogen-bond donors (Lipinski definition) is 3. The molecule has 0 fully saturated rings. The molecule has 0 aromatic heterocycles. The minimum atomic E-state index is -0.962. The molecule has 1 aliphatic rings.